The first kappa shape index (κ1) is 20.1. The molecule has 0 saturated heterocycles. The Hall–Kier alpha value is -3.66. The van der Waals surface area contributed by atoms with Crippen LogP contribution >= 0.6 is 0 Å². The number of pyridine rings is 1. The Morgan fingerprint density at radius 3 is 2.52 bits per heavy atom. The SMILES string of the molecule is CN(C(=O)CC(=O)OC(C)(C)C)c1ccn2cc(-c3ccc(C#N)cc3)nc2c1. The largest absolute Gasteiger partial charge is 0.460 e. The van der Waals surface area contributed by atoms with Gasteiger partial charge in [0.2, 0.25) is 5.91 Å². The molecule has 7 nitrogen and oxygen atoms in total. The molecule has 0 spiro atoms. The summed E-state index contributed by atoms with van der Waals surface area (Å²) in [5, 5.41) is 8.92. The van der Waals surface area contributed by atoms with Gasteiger partial charge in [-0.1, -0.05) is 12.1 Å². The summed E-state index contributed by atoms with van der Waals surface area (Å²) in [4.78, 5) is 30.4. The maximum absolute atomic E-state index is 12.4. The second kappa shape index (κ2) is 7.76. The van der Waals surface area contributed by atoms with Gasteiger partial charge < -0.3 is 14.0 Å². The standard InChI is InChI=1S/C22H22N4O3/c1-22(2,3)29-21(28)12-20(27)25(4)17-9-10-26-14-18(24-19(26)11-17)16-7-5-15(13-23)6-8-16/h5-11,14H,12H2,1-4H3. The Morgan fingerprint density at radius 1 is 1.21 bits per heavy atom. The number of aromatic nitrogens is 2. The van der Waals surface area contributed by atoms with Crippen molar-refractivity contribution in [3.8, 4) is 17.3 Å². The Labute approximate surface area is 169 Å². The number of anilines is 1. The summed E-state index contributed by atoms with van der Waals surface area (Å²) in [6.07, 6.45) is 3.36. The highest BCUT2D eigenvalue weighted by Gasteiger charge is 2.21. The van der Waals surface area contributed by atoms with Crippen LogP contribution in [0.4, 0.5) is 5.69 Å². The van der Waals surface area contributed by atoms with Gasteiger partial charge in [0, 0.05) is 36.8 Å². The Balaban J connectivity index is 1.79. The maximum atomic E-state index is 12.4. The number of esters is 1. The van der Waals surface area contributed by atoms with E-state index in [9.17, 15) is 9.59 Å². The monoisotopic (exact) mass is 390 g/mol. The number of hydrogen-bond donors (Lipinski definition) is 0. The molecule has 0 saturated carbocycles. The highest BCUT2D eigenvalue weighted by molar-refractivity contribution is 6.03. The van der Waals surface area contributed by atoms with E-state index in [0.717, 1.165) is 11.3 Å². The van der Waals surface area contributed by atoms with Crippen LogP contribution in [0.15, 0.2) is 48.8 Å². The average molecular weight is 390 g/mol. The maximum Gasteiger partial charge on any atom is 0.315 e. The lowest BCUT2D eigenvalue weighted by molar-refractivity contribution is -0.156. The molecule has 0 aliphatic rings. The van der Waals surface area contributed by atoms with Crippen molar-refractivity contribution >= 4 is 23.2 Å². The Bertz CT molecular complexity index is 1100. The molecule has 0 fully saturated rings. The molecule has 3 rings (SSSR count). The fraction of sp³-hybridized carbons (Fsp3) is 0.273. The summed E-state index contributed by atoms with van der Waals surface area (Å²) in [5.74, 6) is -0.915. The second-order valence-electron chi connectivity index (χ2n) is 7.68. The van der Waals surface area contributed by atoms with E-state index in [1.54, 1.807) is 52.1 Å². The molecule has 1 aromatic carbocycles. The number of rotatable bonds is 4. The molecular weight excluding hydrogens is 368 g/mol. The molecule has 2 aromatic heterocycles. The zero-order valence-electron chi connectivity index (χ0n) is 16.8. The van der Waals surface area contributed by atoms with Crippen LogP contribution in [-0.2, 0) is 14.3 Å². The lowest BCUT2D eigenvalue weighted by atomic mass is 10.1. The molecule has 148 valence electrons. The lowest BCUT2D eigenvalue weighted by Crippen LogP contribution is -2.31. The molecule has 29 heavy (non-hydrogen) atoms. The van der Waals surface area contributed by atoms with Crippen LogP contribution in [0.5, 0.6) is 0 Å². The van der Waals surface area contributed by atoms with Gasteiger partial charge in [0.05, 0.1) is 17.3 Å². The van der Waals surface area contributed by atoms with Gasteiger partial charge >= 0.3 is 5.97 Å². The second-order valence-corrected chi connectivity index (χ2v) is 7.68. The number of amides is 1. The van der Waals surface area contributed by atoms with Gasteiger partial charge in [-0.15, -0.1) is 0 Å². The summed E-state index contributed by atoms with van der Waals surface area (Å²) in [5.41, 5.74) is 2.90. The predicted octanol–water partition coefficient (Wildman–Crippen LogP) is 3.57. The van der Waals surface area contributed by atoms with Gasteiger partial charge in [-0.3, -0.25) is 9.59 Å². The minimum absolute atomic E-state index is 0.329. The van der Waals surface area contributed by atoms with Crippen LogP contribution in [0, 0.1) is 11.3 Å². The van der Waals surface area contributed by atoms with Crippen molar-refractivity contribution in [2.24, 2.45) is 0 Å². The molecule has 0 unspecified atom stereocenters. The van der Waals surface area contributed by atoms with E-state index in [-0.39, 0.29) is 12.3 Å². The number of hydrogen-bond acceptors (Lipinski definition) is 5. The molecule has 7 heteroatoms. The minimum atomic E-state index is -0.632. The summed E-state index contributed by atoms with van der Waals surface area (Å²) in [7, 11) is 1.61. The third kappa shape index (κ3) is 4.79. The van der Waals surface area contributed by atoms with Crippen LogP contribution in [0.25, 0.3) is 16.9 Å². The first-order chi connectivity index (χ1) is 13.7. The number of carbonyl (C=O) groups excluding carboxylic acids is 2. The lowest BCUT2D eigenvalue weighted by Gasteiger charge is -2.21. The molecule has 0 aliphatic carbocycles. The highest BCUT2D eigenvalue weighted by atomic mass is 16.6. The van der Waals surface area contributed by atoms with Gasteiger partial charge in [-0.05, 0) is 39.0 Å². The van der Waals surface area contributed by atoms with Crippen molar-refractivity contribution in [3.63, 3.8) is 0 Å². The van der Waals surface area contributed by atoms with Crippen molar-refractivity contribution in [3.05, 3.63) is 54.4 Å². The fourth-order valence-corrected chi connectivity index (χ4v) is 2.80. The van der Waals surface area contributed by atoms with Crippen molar-refractivity contribution in [1.29, 1.82) is 5.26 Å². The van der Waals surface area contributed by atoms with E-state index in [2.05, 4.69) is 11.1 Å². The molecule has 0 radical (unpaired) electrons. The van der Waals surface area contributed by atoms with Crippen LogP contribution in [0.2, 0.25) is 0 Å². The first-order valence-corrected chi connectivity index (χ1v) is 9.14. The van der Waals surface area contributed by atoms with Crippen LogP contribution in [-0.4, -0.2) is 33.9 Å². The first-order valence-electron chi connectivity index (χ1n) is 9.14. The van der Waals surface area contributed by atoms with E-state index in [0.29, 0.717) is 16.9 Å². The molecule has 0 atom stereocenters. The summed E-state index contributed by atoms with van der Waals surface area (Å²) in [6, 6.07) is 12.8. The van der Waals surface area contributed by atoms with Crippen molar-refractivity contribution in [1.82, 2.24) is 9.38 Å². The Morgan fingerprint density at radius 2 is 1.90 bits per heavy atom. The number of imidazole rings is 1. The molecule has 0 bridgehead atoms. The number of benzene rings is 1. The average Bonchev–Trinajstić information content (AvgIpc) is 3.09. The molecule has 1 amide bonds. The van der Waals surface area contributed by atoms with E-state index < -0.39 is 11.6 Å². The number of carbonyl (C=O) groups is 2. The third-order valence-corrected chi connectivity index (χ3v) is 4.23. The van der Waals surface area contributed by atoms with Crippen LogP contribution < -0.4 is 4.90 Å². The number of nitriles is 1. The summed E-state index contributed by atoms with van der Waals surface area (Å²) in [6.45, 7) is 5.28. The van der Waals surface area contributed by atoms with E-state index >= 15 is 0 Å². The fourth-order valence-electron chi connectivity index (χ4n) is 2.80. The van der Waals surface area contributed by atoms with Crippen LogP contribution in [0.3, 0.4) is 0 Å². The van der Waals surface area contributed by atoms with Gasteiger partial charge in [-0.25, -0.2) is 4.98 Å². The van der Waals surface area contributed by atoms with Crippen molar-refractivity contribution in [2.75, 3.05) is 11.9 Å². The predicted molar refractivity (Wildman–Crippen MR) is 109 cm³/mol. The van der Waals surface area contributed by atoms with Gasteiger partial charge in [-0.2, -0.15) is 5.26 Å². The van der Waals surface area contributed by atoms with Crippen molar-refractivity contribution in [2.45, 2.75) is 32.8 Å². The summed E-state index contributed by atoms with van der Waals surface area (Å²) >= 11 is 0. The number of ether oxygens (including phenoxy) is 1. The van der Waals surface area contributed by atoms with Gasteiger partial charge in [0.25, 0.3) is 0 Å². The van der Waals surface area contributed by atoms with E-state index in [4.69, 9.17) is 10.00 Å². The molecule has 0 N–H and O–H groups in total. The van der Waals surface area contributed by atoms with Crippen molar-refractivity contribution < 1.29 is 14.3 Å². The highest BCUT2D eigenvalue weighted by Crippen LogP contribution is 2.23. The number of fused-ring (bicyclic) bond motifs is 1. The van der Waals surface area contributed by atoms with Gasteiger partial charge in [0.1, 0.15) is 17.7 Å². The molecule has 2 heterocycles. The third-order valence-electron chi connectivity index (χ3n) is 4.23. The zero-order valence-corrected chi connectivity index (χ0v) is 16.8. The summed E-state index contributed by atoms with van der Waals surface area (Å²) < 4.78 is 7.06. The number of nitrogens with zero attached hydrogens (tertiary/aromatic N) is 4. The van der Waals surface area contributed by atoms with E-state index in [1.165, 1.54) is 4.90 Å². The van der Waals surface area contributed by atoms with Gasteiger partial charge in [0.15, 0.2) is 0 Å². The van der Waals surface area contributed by atoms with E-state index in [1.807, 2.05) is 28.9 Å². The Kier molecular flexibility index (Phi) is 5.37. The normalized spacial score (nSPS) is 11.1. The zero-order chi connectivity index (χ0) is 21.2. The topological polar surface area (TPSA) is 87.7 Å². The quantitative estimate of drug-likeness (QED) is 0.502. The minimum Gasteiger partial charge on any atom is -0.460 e. The van der Waals surface area contributed by atoms with Crippen LogP contribution in [0.1, 0.15) is 32.8 Å². The molecule has 0 aliphatic heterocycles. The molecule has 3 aromatic rings. The smallest absolute Gasteiger partial charge is 0.315 e. The molecular formula is C22H22N4O3.